The second kappa shape index (κ2) is 6.07. The number of nitrogens with one attached hydrogen (secondary N) is 1. The average Bonchev–Trinajstić information content (AvgIpc) is 2.58. The molecular weight excluding hydrogens is 252 g/mol. The minimum Gasteiger partial charge on any atom is -0.344 e. The number of aryl methyl sites for hydroxylation is 1. The van der Waals surface area contributed by atoms with Crippen LogP contribution in [-0.4, -0.2) is 29.3 Å². The number of nitrogens with zero attached hydrogens (tertiary/aromatic N) is 1. The molecule has 1 saturated heterocycles. The van der Waals surface area contributed by atoms with E-state index >= 15 is 0 Å². The molecule has 20 heavy (non-hydrogen) atoms. The van der Waals surface area contributed by atoms with Crippen LogP contribution in [-0.2, 0) is 9.59 Å². The van der Waals surface area contributed by atoms with Gasteiger partial charge < -0.3 is 10.2 Å². The molecule has 108 valence electrons. The van der Waals surface area contributed by atoms with Crippen LogP contribution in [0, 0.1) is 6.92 Å². The Kier molecular flexibility index (Phi) is 4.42. The van der Waals surface area contributed by atoms with E-state index in [1.807, 2.05) is 36.9 Å². The summed E-state index contributed by atoms with van der Waals surface area (Å²) in [7, 11) is 0. The average molecular weight is 274 g/mol. The number of hydrogen-bond donors (Lipinski definition) is 1. The number of amides is 2. The molecule has 1 heterocycles. The molecule has 4 nitrogen and oxygen atoms in total. The molecule has 1 aromatic rings. The van der Waals surface area contributed by atoms with E-state index in [4.69, 9.17) is 0 Å². The molecule has 2 unspecified atom stereocenters. The SMILES string of the molecule is CCC1NC(=O)CCN(C(C)c2ccccc2C)C1=O. The Hall–Kier alpha value is -1.84. The third-order valence-corrected chi connectivity index (χ3v) is 4.01. The quantitative estimate of drug-likeness (QED) is 0.918. The van der Waals surface area contributed by atoms with Gasteiger partial charge in [-0.15, -0.1) is 0 Å². The van der Waals surface area contributed by atoms with Gasteiger partial charge in [-0.05, 0) is 31.4 Å². The van der Waals surface area contributed by atoms with Crippen molar-refractivity contribution in [1.82, 2.24) is 10.2 Å². The van der Waals surface area contributed by atoms with E-state index in [0.29, 0.717) is 19.4 Å². The largest absolute Gasteiger partial charge is 0.344 e. The first-order chi connectivity index (χ1) is 9.54. The monoisotopic (exact) mass is 274 g/mol. The molecule has 1 aliphatic heterocycles. The number of benzene rings is 1. The minimum atomic E-state index is -0.392. The molecule has 2 atom stereocenters. The molecule has 2 rings (SSSR count). The summed E-state index contributed by atoms with van der Waals surface area (Å²) < 4.78 is 0. The van der Waals surface area contributed by atoms with Crippen molar-refractivity contribution in [3.63, 3.8) is 0 Å². The Labute approximate surface area is 120 Å². The Morgan fingerprint density at radius 1 is 1.35 bits per heavy atom. The number of carbonyl (C=O) groups excluding carboxylic acids is 2. The van der Waals surface area contributed by atoms with Crippen molar-refractivity contribution in [2.45, 2.75) is 45.7 Å². The lowest BCUT2D eigenvalue weighted by atomic mass is 10.0. The Morgan fingerprint density at radius 2 is 2.05 bits per heavy atom. The first-order valence-electron chi connectivity index (χ1n) is 7.20. The summed E-state index contributed by atoms with van der Waals surface area (Å²) in [6.07, 6.45) is 1.00. The first kappa shape index (κ1) is 14.6. The normalized spacial score (nSPS) is 21.4. The highest BCUT2D eigenvalue weighted by Gasteiger charge is 2.32. The Morgan fingerprint density at radius 3 is 2.70 bits per heavy atom. The lowest BCUT2D eigenvalue weighted by molar-refractivity contribution is -0.135. The number of carbonyl (C=O) groups is 2. The Bertz CT molecular complexity index is 513. The van der Waals surface area contributed by atoms with Gasteiger partial charge in [0.05, 0.1) is 6.04 Å². The third kappa shape index (κ3) is 2.84. The molecule has 0 aromatic heterocycles. The van der Waals surface area contributed by atoms with Gasteiger partial charge in [0.15, 0.2) is 0 Å². The van der Waals surface area contributed by atoms with Crippen LogP contribution in [0.5, 0.6) is 0 Å². The first-order valence-corrected chi connectivity index (χ1v) is 7.20. The van der Waals surface area contributed by atoms with Crippen LogP contribution < -0.4 is 5.32 Å². The maximum atomic E-state index is 12.6. The minimum absolute atomic E-state index is 0.00884. The van der Waals surface area contributed by atoms with Crippen molar-refractivity contribution in [2.24, 2.45) is 0 Å². The number of hydrogen-bond acceptors (Lipinski definition) is 2. The van der Waals surface area contributed by atoms with Crippen LogP contribution in [0.15, 0.2) is 24.3 Å². The summed E-state index contributed by atoms with van der Waals surface area (Å²) in [6, 6.07) is 7.68. The molecule has 0 radical (unpaired) electrons. The summed E-state index contributed by atoms with van der Waals surface area (Å²) in [5.41, 5.74) is 2.31. The standard InChI is InChI=1S/C16H22N2O2/c1-4-14-16(20)18(10-9-15(19)17-14)12(3)13-8-6-5-7-11(13)2/h5-8,12,14H,4,9-10H2,1-3H3,(H,17,19). The van der Waals surface area contributed by atoms with Crippen LogP contribution in [0.25, 0.3) is 0 Å². The van der Waals surface area contributed by atoms with Crippen LogP contribution in [0.3, 0.4) is 0 Å². The zero-order valence-electron chi connectivity index (χ0n) is 12.3. The predicted molar refractivity (Wildman–Crippen MR) is 78.1 cm³/mol. The lowest BCUT2D eigenvalue weighted by Gasteiger charge is -2.31. The topological polar surface area (TPSA) is 49.4 Å². The highest BCUT2D eigenvalue weighted by molar-refractivity contribution is 5.90. The fourth-order valence-electron chi connectivity index (χ4n) is 2.75. The molecule has 0 saturated carbocycles. The van der Waals surface area contributed by atoms with Crippen molar-refractivity contribution in [3.8, 4) is 0 Å². The lowest BCUT2D eigenvalue weighted by Crippen LogP contribution is -2.45. The van der Waals surface area contributed by atoms with Crippen LogP contribution >= 0.6 is 0 Å². The second-order valence-electron chi connectivity index (χ2n) is 5.34. The van der Waals surface area contributed by atoms with Gasteiger partial charge in [-0.25, -0.2) is 0 Å². The molecule has 1 aromatic carbocycles. The number of rotatable bonds is 3. The maximum Gasteiger partial charge on any atom is 0.245 e. The highest BCUT2D eigenvalue weighted by Crippen LogP contribution is 2.25. The van der Waals surface area contributed by atoms with E-state index in [9.17, 15) is 9.59 Å². The molecule has 1 N–H and O–H groups in total. The zero-order chi connectivity index (χ0) is 14.7. The van der Waals surface area contributed by atoms with Gasteiger partial charge in [-0.2, -0.15) is 0 Å². The fourth-order valence-corrected chi connectivity index (χ4v) is 2.75. The zero-order valence-corrected chi connectivity index (χ0v) is 12.3. The van der Waals surface area contributed by atoms with E-state index in [1.165, 1.54) is 5.56 Å². The van der Waals surface area contributed by atoms with Gasteiger partial charge in [0, 0.05) is 13.0 Å². The van der Waals surface area contributed by atoms with Gasteiger partial charge in [0.25, 0.3) is 0 Å². The molecule has 0 aliphatic carbocycles. The molecule has 0 bridgehead atoms. The van der Waals surface area contributed by atoms with Crippen LogP contribution in [0.2, 0.25) is 0 Å². The van der Waals surface area contributed by atoms with Crippen molar-refractivity contribution in [1.29, 1.82) is 0 Å². The van der Waals surface area contributed by atoms with Crippen molar-refractivity contribution in [2.75, 3.05) is 6.54 Å². The highest BCUT2D eigenvalue weighted by atomic mass is 16.2. The summed E-state index contributed by atoms with van der Waals surface area (Å²) in [4.78, 5) is 26.1. The van der Waals surface area contributed by atoms with Gasteiger partial charge in [0.2, 0.25) is 11.8 Å². The van der Waals surface area contributed by atoms with Crippen LogP contribution in [0.4, 0.5) is 0 Å². The van der Waals surface area contributed by atoms with Gasteiger partial charge in [-0.1, -0.05) is 31.2 Å². The van der Waals surface area contributed by atoms with E-state index in [-0.39, 0.29) is 17.9 Å². The van der Waals surface area contributed by atoms with Crippen LogP contribution in [0.1, 0.15) is 43.9 Å². The second-order valence-corrected chi connectivity index (χ2v) is 5.34. The summed E-state index contributed by atoms with van der Waals surface area (Å²) in [5.74, 6) is -0.0150. The van der Waals surface area contributed by atoms with E-state index in [1.54, 1.807) is 0 Å². The molecule has 1 fully saturated rings. The van der Waals surface area contributed by atoms with E-state index in [0.717, 1.165) is 5.56 Å². The molecule has 0 spiro atoms. The Balaban J connectivity index is 2.28. The maximum absolute atomic E-state index is 12.6. The summed E-state index contributed by atoms with van der Waals surface area (Å²) in [6.45, 7) is 6.49. The molecule has 2 amide bonds. The smallest absolute Gasteiger partial charge is 0.245 e. The van der Waals surface area contributed by atoms with Crippen molar-refractivity contribution in [3.05, 3.63) is 35.4 Å². The fraction of sp³-hybridized carbons (Fsp3) is 0.500. The van der Waals surface area contributed by atoms with Gasteiger partial charge >= 0.3 is 0 Å². The van der Waals surface area contributed by atoms with Crippen molar-refractivity contribution >= 4 is 11.8 Å². The molecular formula is C16H22N2O2. The van der Waals surface area contributed by atoms with E-state index in [2.05, 4.69) is 18.3 Å². The van der Waals surface area contributed by atoms with E-state index < -0.39 is 6.04 Å². The summed E-state index contributed by atoms with van der Waals surface area (Å²) >= 11 is 0. The molecule has 4 heteroatoms. The van der Waals surface area contributed by atoms with Crippen molar-refractivity contribution < 1.29 is 9.59 Å². The van der Waals surface area contributed by atoms with Gasteiger partial charge in [-0.3, -0.25) is 9.59 Å². The summed E-state index contributed by atoms with van der Waals surface area (Å²) in [5, 5.41) is 2.80. The van der Waals surface area contributed by atoms with Gasteiger partial charge in [0.1, 0.15) is 6.04 Å². The molecule has 1 aliphatic rings. The third-order valence-electron chi connectivity index (χ3n) is 4.01. The predicted octanol–water partition coefficient (Wildman–Crippen LogP) is 2.18.